The summed E-state index contributed by atoms with van der Waals surface area (Å²) >= 11 is 0. The molecule has 1 unspecified atom stereocenters. The van der Waals surface area contributed by atoms with Gasteiger partial charge >= 0.3 is 0 Å². The van der Waals surface area contributed by atoms with Gasteiger partial charge < -0.3 is 11.1 Å². The molecule has 4 nitrogen and oxygen atoms in total. The third-order valence-electron chi connectivity index (χ3n) is 2.87. The summed E-state index contributed by atoms with van der Waals surface area (Å²) in [6.45, 7) is 5.27. The van der Waals surface area contributed by atoms with Crippen LogP contribution in [0.15, 0.2) is 24.5 Å². The highest BCUT2D eigenvalue weighted by molar-refractivity contribution is 5.78. The fourth-order valence-electron chi connectivity index (χ4n) is 1.90. The fourth-order valence-corrected chi connectivity index (χ4v) is 1.90. The van der Waals surface area contributed by atoms with Crippen LogP contribution in [0.5, 0.6) is 0 Å². The zero-order chi connectivity index (χ0) is 13.4. The van der Waals surface area contributed by atoms with Gasteiger partial charge in [0, 0.05) is 25.5 Å². The van der Waals surface area contributed by atoms with Crippen molar-refractivity contribution >= 4 is 5.91 Å². The van der Waals surface area contributed by atoms with Crippen molar-refractivity contribution in [3.05, 3.63) is 30.1 Å². The van der Waals surface area contributed by atoms with Gasteiger partial charge in [-0.3, -0.25) is 9.78 Å². The first-order valence-corrected chi connectivity index (χ1v) is 6.50. The molecule has 0 saturated carbocycles. The van der Waals surface area contributed by atoms with Crippen molar-refractivity contribution in [2.24, 2.45) is 17.6 Å². The molecule has 0 aliphatic rings. The Balaban J connectivity index is 2.31. The smallest absolute Gasteiger partial charge is 0.224 e. The average molecular weight is 249 g/mol. The summed E-state index contributed by atoms with van der Waals surface area (Å²) in [5.41, 5.74) is 6.81. The van der Waals surface area contributed by atoms with Gasteiger partial charge in [0.25, 0.3) is 0 Å². The maximum absolute atomic E-state index is 11.9. The number of hydrogen-bond acceptors (Lipinski definition) is 3. The number of amides is 1. The van der Waals surface area contributed by atoms with Gasteiger partial charge in [0.2, 0.25) is 5.91 Å². The molecule has 0 bridgehead atoms. The highest BCUT2D eigenvalue weighted by Gasteiger charge is 2.17. The molecule has 3 N–H and O–H groups in total. The summed E-state index contributed by atoms with van der Waals surface area (Å²) < 4.78 is 0. The van der Waals surface area contributed by atoms with Crippen LogP contribution in [0, 0.1) is 11.8 Å². The number of pyridine rings is 1. The third kappa shape index (κ3) is 5.27. The van der Waals surface area contributed by atoms with Crippen molar-refractivity contribution in [1.29, 1.82) is 0 Å². The highest BCUT2D eigenvalue weighted by Crippen LogP contribution is 2.10. The largest absolute Gasteiger partial charge is 0.355 e. The quantitative estimate of drug-likeness (QED) is 0.766. The minimum atomic E-state index is -0.0672. The molecule has 1 aromatic heterocycles. The Morgan fingerprint density at radius 3 is 2.61 bits per heavy atom. The molecule has 0 aliphatic carbocycles. The van der Waals surface area contributed by atoms with E-state index in [0.29, 0.717) is 19.0 Å². The maximum atomic E-state index is 11.9. The van der Waals surface area contributed by atoms with E-state index in [1.54, 1.807) is 12.4 Å². The molecule has 0 aromatic carbocycles. The van der Waals surface area contributed by atoms with Crippen molar-refractivity contribution in [3.63, 3.8) is 0 Å². The van der Waals surface area contributed by atoms with E-state index in [9.17, 15) is 4.79 Å². The molecule has 1 atom stereocenters. The standard InChI is InChI=1S/C14H23N3O/c1-11(2)9-13(10-15)14(18)17-8-5-12-3-6-16-7-4-12/h3-4,6-7,11,13H,5,8-10,15H2,1-2H3,(H,17,18). The van der Waals surface area contributed by atoms with Crippen LogP contribution in [0.3, 0.4) is 0 Å². The molecule has 1 heterocycles. The van der Waals surface area contributed by atoms with Crippen LogP contribution in [0.4, 0.5) is 0 Å². The predicted octanol–water partition coefficient (Wildman–Crippen LogP) is 1.36. The molecular formula is C14H23N3O. The molecule has 1 aromatic rings. The van der Waals surface area contributed by atoms with Gasteiger partial charge in [-0.05, 0) is 36.5 Å². The minimum Gasteiger partial charge on any atom is -0.355 e. The normalized spacial score (nSPS) is 12.4. The molecule has 0 aliphatic heterocycles. The predicted molar refractivity (Wildman–Crippen MR) is 73.0 cm³/mol. The lowest BCUT2D eigenvalue weighted by atomic mass is 9.96. The van der Waals surface area contributed by atoms with Crippen LogP contribution in [-0.2, 0) is 11.2 Å². The van der Waals surface area contributed by atoms with Crippen LogP contribution >= 0.6 is 0 Å². The fraction of sp³-hybridized carbons (Fsp3) is 0.571. The Labute approximate surface area is 109 Å². The highest BCUT2D eigenvalue weighted by atomic mass is 16.1. The molecular weight excluding hydrogens is 226 g/mol. The second kappa shape index (κ2) is 7.82. The lowest BCUT2D eigenvalue weighted by Crippen LogP contribution is -2.36. The van der Waals surface area contributed by atoms with Gasteiger partial charge in [-0.1, -0.05) is 13.8 Å². The topological polar surface area (TPSA) is 68.0 Å². The minimum absolute atomic E-state index is 0.0672. The lowest BCUT2D eigenvalue weighted by Gasteiger charge is -2.16. The summed E-state index contributed by atoms with van der Waals surface area (Å²) in [6, 6.07) is 3.92. The maximum Gasteiger partial charge on any atom is 0.224 e. The number of aromatic nitrogens is 1. The monoisotopic (exact) mass is 249 g/mol. The van der Waals surface area contributed by atoms with Gasteiger partial charge in [-0.25, -0.2) is 0 Å². The molecule has 4 heteroatoms. The van der Waals surface area contributed by atoms with Crippen molar-refractivity contribution < 1.29 is 4.79 Å². The molecule has 0 spiro atoms. The number of carbonyl (C=O) groups is 1. The van der Waals surface area contributed by atoms with Gasteiger partial charge in [0.15, 0.2) is 0 Å². The molecule has 1 rings (SSSR count). The van der Waals surface area contributed by atoms with E-state index in [-0.39, 0.29) is 11.8 Å². The van der Waals surface area contributed by atoms with Crippen LogP contribution < -0.4 is 11.1 Å². The first-order chi connectivity index (χ1) is 8.63. The van der Waals surface area contributed by atoms with Crippen LogP contribution in [0.25, 0.3) is 0 Å². The summed E-state index contributed by atoms with van der Waals surface area (Å²) in [5, 5.41) is 2.95. The number of rotatable bonds is 7. The number of nitrogens with one attached hydrogen (secondary N) is 1. The Morgan fingerprint density at radius 1 is 1.39 bits per heavy atom. The average Bonchev–Trinajstić information content (AvgIpc) is 2.36. The number of nitrogens with zero attached hydrogens (tertiary/aromatic N) is 1. The zero-order valence-electron chi connectivity index (χ0n) is 11.2. The van der Waals surface area contributed by atoms with Crippen LogP contribution in [-0.4, -0.2) is 24.0 Å². The Kier molecular flexibility index (Phi) is 6.36. The lowest BCUT2D eigenvalue weighted by molar-refractivity contribution is -0.125. The second-order valence-electron chi connectivity index (χ2n) is 4.96. The zero-order valence-corrected chi connectivity index (χ0v) is 11.2. The Hall–Kier alpha value is -1.42. The van der Waals surface area contributed by atoms with Crippen LogP contribution in [0.2, 0.25) is 0 Å². The summed E-state index contributed by atoms with van der Waals surface area (Å²) in [6.07, 6.45) is 5.20. The number of nitrogens with two attached hydrogens (primary N) is 1. The number of hydrogen-bond donors (Lipinski definition) is 2. The van der Waals surface area contributed by atoms with E-state index in [4.69, 9.17) is 5.73 Å². The Bertz CT molecular complexity index is 351. The van der Waals surface area contributed by atoms with Gasteiger partial charge in [0.1, 0.15) is 0 Å². The van der Waals surface area contributed by atoms with E-state index in [1.807, 2.05) is 12.1 Å². The van der Waals surface area contributed by atoms with Gasteiger partial charge in [-0.2, -0.15) is 0 Å². The van der Waals surface area contributed by atoms with Crippen molar-refractivity contribution in [1.82, 2.24) is 10.3 Å². The van der Waals surface area contributed by atoms with E-state index >= 15 is 0 Å². The second-order valence-corrected chi connectivity index (χ2v) is 4.96. The van der Waals surface area contributed by atoms with Crippen molar-refractivity contribution in [2.45, 2.75) is 26.7 Å². The molecule has 100 valence electrons. The molecule has 18 heavy (non-hydrogen) atoms. The van der Waals surface area contributed by atoms with Crippen molar-refractivity contribution in [3.8, 4) is 0 Å². The third-order valence-corrected chi connectivity index (χ3v) is 2.87. The molecule has 0 radical (unpaired) electrons. The summed E-state index contributed by atoms with van der Waals surface area (Å²) in [4.78, 5) is 15.9. The van der Waals surface area contributed by atoms with Crippen molar-refractivity contribution in [2.75, 3.05) is 13.1 Å². The van der Waals surface area contributed by atoms with Gasteiger partial charge in [-0.15, -0.1) is 0 Å². The van der Waals surface area contributed by atoms with E-state index < -0.39 is 0 Å². The molecule has 0 fully saturated rings. The summed E-state index contributed by atoms with van der Waals surface area (Å²) in [5.74, 6) is 0.493. The first-order valence-electron chi connectivity index (χ1n) is 6.50. The Morgan fingerprint density at radius 2 is 2.06 bits per heavy atom. The van der Waals surface area contributed by atoms with Crippen LogP contribution in [0.1, 0.15) is 25.8 Å². The van der Waals surface area contributed by atoms with Gasteiger partial charge in [0.05, 0.1) is 5.92 Å². The number of carbonyl (C=O) groups excluding carboxylic acids is 1. The molecule has 0 saturated heterocycles. The van der Waals surface area contributed by atoms with E-state index in [0.717, 1.165) is 12.8 Å². The van der Waals surface area contributed by atoms with E-state index in [1.165, 1.54) is 5.56 Å². The SMILES string of the molecule is CC(C)CC(CN)C(=O)NCCc1ccncc1. The van der Waals surface area contributed by atoms with E-state index in [2.05, 4.69) is 24.1 Å². The summed E-state index contributed by atoms with van der Waals surface area (Å²) in [7, 11) is 0. The first kappa shape index (κ1) is 14.6. The molecule has 1 amide bonds.